The average molecular weight is 322 g/mol. The van der Waals surface area contributed by atoms with E-state index in [1.165, 1.54) is 18.4 Å². The van der Waals surface area contributed by atoms with Crippen LogP contribution in [0.5, 0.6) is 0 Å². The molecule has 0 spiro atoms. The van der Waals surface area contributed by atoms with Crippen molar-refractivity contribution in [3.63, 3.8) is 0 Å². The van der Waals surface area contributed by atoms with E-state index in [-0.39, 0.29) is 5.91 Å². The fourth-order valence-corrected chi connectivity index (χ4v) is 2.27. The van der Waals surface area contributed by atoms with Crippen LogP contribution in [0.25, 0.3) is 0 Å². The molecular formula is C17H17Cl2NO. The molecule has 2 rings (SSSR count). The molecule has 0 aliphatic carbocycles. The van der Waals surface area contributed by atoms with E-state index in [2.05, 4.69) is 12.2 Å². The summed E-state index contributed by atoms with van der Waals surface area (Å²) in [6, 6.07) is 12.8. The van der Waals surface area contributed by atoms with Crippen molar-refractivity contribution < 1.29 is 4.79 Å². The van der Waals surface area contributed by atoms with E-state index >= 15 is 0 Å². The predicted octanol–water partition coefficient (Wildman–Crippen LogP) is 5.59. The van der Waals surface area contributed by atoms with Crippen LogP contribution in [0.2, 0.25) is 10.0 Å². The maximum absolute atomic E-state index is 12.1. The number of nitrogens with one attached hydrogen (secondary N) is 1. The summed E-state index contributed by atoms with van der Waals surface area (Å²) in [5.41, 5.74) is 2.54. The van der Waals surface area contributed by atoms with Gasteiger partial charge in [-0.1, -0.05) is 48.7 Å². The van der Waals surface area contributed by atoms with E-state index in [4.69, 9.17) is 23.2 Å². The summed E-state index contributed by atoms with van der Waals surface area (Å²) in [5, 5.41) is 3.66. The first kappa shape index (κ1) is 15.9. The molecule has 0 radical (unpaired) electrons. The van der Waals surface area contributed by atoms with Crippen molar-refractivity contribution in [1.82, 2.24) is 0 Å². The van der Waals surface area contributed by atoms with Crippen molar-refractivity contribution in [2.24, 2.45) is 0 Å². The normalized spacial score (nSPS) is 10.4. The van der Waals surface area contributed by atoms with E-state index < -0.39 is 0 Å². The Hall–Kier alpha value is -1.51. The van der Waals surface area contributed by atoms with Crippen LogP contribution in [0.4, 0.5) is 5.69 Å². The van der Waals surface area contributed by atoms with Crippen molar-refractivity contribution in [3.05, 3.63) is 63.6 Å². The summed E-state index contributed by atoms with van der Waals surface area (Å²) in [4.78, 5) is 12.1. The lowest BCUT2D eigenvalue weighted by Crippen LogP contribution is -2.11. The van der Waals surface area contributed by atoms with Gasteiger partial charge >= 0.3 is 0 Å². The van der Waals surface area contributed by atoms with Crippen LogP contribution < -0.4 is 5.32 Å². The maximum Gasteiger partial charge on any atom is 0.255 e. The van der Waals surface area contributed by atoms with E-state index in [0.717, 1.165) is 12.1 Å². The van der Waals surface area contributed by atoms with E-state index in [1.54, 1.807) is 18.2 Å². The SMILES string of the molecule is CCCCc1ccc(NC(=O)c2ccc(Cl)c(Cl)c2)cc1. The smallest absolute Gasteiger partial charge is 0.255 e. The number of anilines is 1. The number of carbonyl (C=O) groups excluding carboxylic acids is 1. The summed E-state index contributed by atoms with van der Waals surface area (Å²) in [5.74, 6) is -0.199. The third-order valence-corrected chi connectivity index (χ3v) is 3.95. The molecule has 0 fully saturated rings. The highest BCUT2D eigenvalue weighted by molar-refractivity contribution is 6.42. The standard InChI is InChI=1S/C17H17Cl2NO/c1-2-3-4-12-5-8-14(9-6-12)20-17(21)13-7-10-15(18)16(19)11-13/h5-11H,2-4H2,1H3,(H,20,21). The summed E-state index contributed by atoms with van der Waals surface area (Å²) in [6.07, 6.45) is 3.42. The van der Waals surface area contributed by atoms with Crippen LogP contribution >= 0.6 is 23.2 Å². The van der Waals surface area contributed by atoms with Crippen LogP contribution in [0, 0.1) is 0 Å². The molecule has 0 aliphatic heterocycles. The maximum atomic E-state index is 12.1. The Balaban J connectivity index is 2.03. The summed E-state index contributed by atoms with van der Waals surface area (Å²) >= 11 is 11.8. The lowest BCUT2D eigenvalue weighted by Gasteiger charge is -2.07. The fourth-order valence-electron chi connectivity index (χ4n) is 1.98. The molecule has 0 saturated heterocycles. The molecule has 0 unspecified atom stereocenters. The van der Waals surface area contributed by atoms with Crippen molar-refractivity contribution in [2.75, 3.05) is 5.32 Å². The van der Waals surface area contributed by atoms with Crippen LogP contribution in [0.15, 0.2) is 42.5 Å². The van der Waals surface area contributed by atoms with Crippen LogP contribution in [-0.2, 0) is 6.42 Å². The molecule has 0 atom stereocenters. The summed E-state index contributed by atoms with van der Waals surface area (Å²) in [6.45, 7) is 2.17. The second-order valence-electron chi connectivity index (χ2n) is 4.88. The van der Waals surface area contributed by atoms with E-state index in [9.17, 15) is 4.79 Å². The number of hydrogen-bond acceptors (Lipinski definition) is 1. The Labute approximate surface area is 135 Å². The minimum absolute atomic E-state index is 0.199. The quantitative estimate of drug-likeness (QED) is 0.764. The Morgan fingerprint density at radius 3 is 2.38 bits per heavy atom. The molecular weight excluding hydrogens is 305 g/mol. The van der Waals surface area contributed by atoms with Gasteiger partial charge in [0.05, 0.1) is 10.0 Å². The van der Waals surface area contributed by atoms with Gasteiger partial charge in [0, 0.05) is 11.3 Å². The Morgan fingerprint density at radius 2 is 1.76 bits per heavy atom. The van der Waals surface area contributed by atoms with Gasteiger partial charge in [-0.2, -0.15) is 0 Å². The van der Waals surface area contributed by atoms with Gasteiger partial charge in [0.2, 0.25) is 0 Å². The molecule has 0 saturated carbocycles. The van der Waals surface area contributed by atoms with Gasteiger partial charge < -0.3 is 5.32 Å². The van der Waals surface area contributed by atoms with Crippen molar-refractivity contribution in [2.45, 2.75) is 26.2 Å². The molecule has 1 amide bonds. The largest absolute Gasteiger partial charge is 0.322 e. The fraction of sp³-hybridized carbons (Fsp3) is 0.235. The van der Waals surface area contributed by atoms with Gasteiger partial charge in [0.15, 0.2) is 0 Å². The number of hydrogen-bond donors (Lipinski definition) is 1. The summed E-state index contributed by atoms with van der Waals surface area (Å²) in [7, 11) is 0. The minimum atomic E-state index is -0.199. The van der Waals surface area contributed by atoms with Crippen molar-refractivity contribution >= 4 is 34.8 Å². The average Bonchev–Trinajstić information content (AvgIpc) is 2.49. The molecule has 0 aromatic heterocycles. The van der Waals surface area contributed by atoms with E-state index in [0.29, 0.717) is 15.6 Å². The highest BCUT2D eigenvalue weighted by Crippen LogP contribution is 2.23. The molecule has 110 valence electrons. The predicted molar refractivity (Wildman–Crippen MR) is 89.5 cm³/mol. The second kappa shape index (κ2) is 7.48. The molecule has 4 heteroatoms. The number of amides is 1. The number of carbonyl (C=O) groups is 1. The summed E-state index contributed by atoms with van der Waals surface area (Å²) < 4.78 is 0. The Bertz CT molecular complexity index is 623. The molecule has 1 N–H and O–H groups in total. The van der Waals surface area contributed by atoms with Crippen LogP contribution in [-0.4, -0.2) is 5.91 Å². The molecule has 0 heterocycles. The first-order valence-electron chi connectivity index (χ1n) is 6.95. The minimum Gasteiger partial charge on any atom is -0.322 e. The number of aryl methyl sites for hydroxylation is 1. The molecule has 2 aromatic rings. The van der Waals surface area contributed by atoms with Crippen molar-refractivity contribution in [1.29, 1.82) is 0 Å². The molecule has 2 nitrogen and oxygen atoms in total. The van der Waals surface area contributed by atoms with Gasteiger partial charge in [-0.3, -0.25) is 4.79 Å². The molecule has 0 aliphatic rings. The van der Waals surface area contributed by atoms with Crippen LogP contribution in [0.3, 0.4) is 0 Å². The topological polar surface area (TPSA) is 29.1 Å². The third-order valence-electron chi connectivity index (χ3n) is 3.21. The van der Waals surface area contributed by atoms with Gasteiger partial charge in [0.1, 0.15) is 0 Å². The third kappa shape index (κ3) is 4.48. The zero-order chi connectivity index (χ0) is 15.2. The Kier molecular flexibility index (Phi) is 5.66. The Morgan fingerprint density at radius 1 is 1.05 bits per heavy atom. The highest BCUT2D eigenvalue weighted by Gasteiger charge is 2.08. The molecule has 2 aromatic carbocycles. The van der Waals surface area contributed by atoms with E-state index in [1.807, 2.05) is 24.3 Å². The van der Waals surface area contributed by atoms with Gasteiger partial charge in [-0.25, -0.2) is 0 Å². The van der Waals surface area contributed by atoms with Gasteiger partial charge in [0.25, 0.3) is 5.91 Å². The van der Waals surface area contributed by atoms with Gasteiger partial charge in [-0.15, -0.1) is 0 Å². The zero-order valence-corrected chi connectivity index (χ0v) is 13.3. The van der Waals surface area contributed by atoms with Crippen molar-refractivity contribution in [3.8, 4) is 0 Å². The first-order chi connectivity index (χ1) is 10.1. The highest BCUT2D eigenvalue weighted by atomic mass is 35.5. The number of rotatable bonds is 5. The first-order valence-corrected chi connectivity index (χ1v) is 7.71. The zero-order valence-electron chi connectivity index (χ0n) is 11.8. The second-order valence-corrected chi connectivity index (χ2v) is 5.70. The molecule has 21 heavy (non-hydrogen) atoms. The number of halogens is 2. The lowest BCUT2D eigenvalue weighted by atomic mass is 10.1. The van der Waals surface area contributed by atoms with Gasteiger partial charge in [-0.05, 0) is 48.7 Å². The monoisotopic (exact) mass is 321 g/mol. The van der Waals surface area contributed by atoms with Crippen LogP contribution in [0.1, 0.15) is 35.7 Å². The molecule has 0 bridgehead atoms. The lowest BCUT2D eigenvalue weighted by molar-refractivity contribution is 0.102. The number of benzene rings is 2. The number of unbranched alkanes of at least 4 members (excludes halogenated alkanes) is 1.